The van der Waals surface area contributed by atoms with Crippen molar-refractivity contribution in [3.63, 3.8) is 0 Å². The van der Waals surface area contributed by atoms with Crippen LogP contribution >= 0.6 is 11.6 Å². The molecule has 4 rings (SSSR count). The summed E-state index contributed by atoms with van der Waals surface area (Å²) in [5, 5.41) is 1.63. The Morgan fingerprint density at radius 3 is 2.69 bits per heavy atom. The number of carbonyl (C=O) groups excluding carboxylic acids is 4. The van der Waals surface area contributed by atoms with E-state index >= 15 is 0 Å². The number of fused-ring (bicyclic) bond motifs is 1. The summed E-state index contributed by atoms with van der Waals surface area (Å²) in [6.45, 7) is -3.42. The Labute approximate surface area is 193 Å². The summed E-state index contributed by atoms with van der Waals surface area (Å²) in [6.07, 6.45) is -3.03. The van der Waals surface area contributed by atoms with Gasteiger partial charge >= 0.3 is 5.92 Å². The van der Waals surface area contributed by atoms with E-state index in [2.05, 4.69) is 0 Å². The summed E-state index contributed by atoms with van der Waals surface area (Å²) >= 11 is 5.68. The zero-order valence-electron chi connectivity index (χ0n) is 21.2. The van der Waals surface area contributed by atoms with E-state index in [4.69, 9.17) is 18.5 Å². The van der Waals surface area contributed by atoms with Crippen LogP contribution in [0.25, 0.3) is 0 Å². The highest BCUT2D eigenvalue weighted by Crippen LogP contribution is 2.30. The van der Waals surface area contributed by atoms with Crippen molar-refractivity contribution in [2.24, 2.45) is 0 Å². The lowest BCUT2D eigenvalue weighted by Crippen LogP contribution is -2.52. The Morgan fingerprint density at radius 2 is 2.00 bits per heavy atom. The number of amides is 4. The molecule has 1 atom stereocenters. The Morgan fingerprint density at radius 1 is 1.28 bits per heavy atom. The third-order valence-corrected chi connectivity index (χ3v) is 5.23. The van der Waals surface area contributed by atoms with Gasteiger partial charge in [-0.05, 0) is 35.7 Å². The van der Waals surface area contributed by atoms with E-state index in [9.17, 15) is 28.0 Å². The highest BCUT2D eigenvalue weighted by Gasteiger charge is 2.41. The predicted molar refractivity (Wildman–Crippen MR) is 110 cm³/mol. The van der Waals surface area contributed by atoms with E-state index in [0.717, 1.165) is 47.4 Å². The first-order valence-electron chi connectivity index (χ1n) is 11.8. The number of benzene rings is 2. The summed E-state index contributed by atoms with van der Waals surface area (Å²) < 4.78 is 70.0. The second-order valence-corrected chi connectivity index (χ2v) is 7.55. The molecule has 0 bridgehead atoms. The van der Waals surface area contributed by atoms with E-state index in [1.54, 1.807) is 0 Å². The number of imide groups is 1. The Balaban J connectivity index is 1.61. The van der Waals surface area contributed by atoms with Gasteiger partial charge in [0.05, 0.1) is 2.74 Å². The Kier molecular flexibility index (Phi) is 4.24. The van der Waals surface area contributed by atoms with Crippen molar-refractivity contribution in [2.45, 2.75) is 37.8 Å². The van der Waals surface area contributed by atoms with Crippen LogP contribution in [0.5, 0.6) is 0 Å². The molecule has 1 saturated heterocycles. The van der Waals surface area contributed by atoms with E-state index in [0.29, 0.717) is 0 Å². The molecule has 1 unspecified atom stereocenters. The number of halogens is 3. The lowest BCUT2D eigenvalue weighted by atomic mass is 10.0. The van der Waals surface area contributed by atoms with E-state index in [-0.39, 0.29) is 22.7 Å². The van der Waals surface area contributed by atoms with Crippen LogP contribution in [0.4, 0.5) is 8.78 Å². The molecular formula is C22H18ClF2N3O4. The highest BCUT2D eigenvalue weighted by atomic mass is 35.5. The van der Waals surface area contributed by atoms with E-state index in [1.165, 1.54) is 0 Å². The molecule has 2 aliphatic rings. The van der Waals surface area contributed by atoms with Crippen LogP contribution in [0, 0.1) is 0 Å². The van der Waals surface area contributed by atoms with Crippen molar-refractivity contribution in [1.29, 1.82) is 0 Å². The van der Waals surface area contributed by atoms with Crippen molar-refractivity contribution >= 4 is 35.2 Å². The predicted octanol–water partition coefficient (Wildman–Crippen LogP) is 2.51. The van der Waals surface area contributed by atoms with Crippen LogP contribution in [-0.4, -0.2) is 34.6 Å². The molecule has 0 radical (unpaired) electrons. The number of rotatable bonds is 5. The van der Waals surface area contributed by atoms with Crippen LogP contribution in [0.3, 0.4) is 0 Å². The molecule has 0 aromatic heterocycles. The van der Waals surface area contributed by atoms with Gasteiger partial charge in [0.1, 0.15) is 6.04 Å². The van der Waals surface area contributed by atoms with Crippen LogP contribution < -0.4 is 10.6 Å². The van der Waals surface area contributed by atoms with Crippen molar-refractivity contribution in [2.75, 3.05) is 0 Å². The Bertz CT molecular complexity index is 1330. The number of hydrogen-bond donors (Lipinski definition) is 2. The van der Waals surface area contributed by atoms with Gasteiger partial charge in [-0.1, -0.05) is 35.9 Å². The minimum Gasteiger partial charge on any atom is -0.346 e. The van der Waals surface area contributed by atoms with Crippen molar-refractivity contribution in [1.82, 2.24) is 15.5 Å². The Hall–Kier alpha value is -3.33. The molecule has 166 valence electrons. The molecular weight excluding hydrogens is 444 g/mol. The maximum Gasteiger partial charge on any atom is 0.349 e. The molecule has 2 N–H and O–H groups in total. The lowest BCUT2D eigenvalue weighted by Gasteiger charge is -2.29. The van der Waals surface area contributed by atoms with Gasteiger partial charge in [-0.3, -0.25) is 24.5 Å². The number of nitrogens with zero attached hydrogens (tertiary/aromatic N) is 1. The summed E-state index contributed by atoms with van der Waals surface area (Å²) in [6, 6.07) is 5.63. The number of piperidine rings is 1. The smallest absolute Gasteiger partial charge is 0.346 e. The first kappa shape index (κ1) is 16.3. The van der Waals surface area contributed by atoms with Crippen LogP contribution in [0.1, 0.15) is 45.3 Å². The SMILES string of the molecule is [2H]N(C(=O)C(F)(F)c1ccc(Cl)cc1)C([2H])([2H])c1ccc2c(c1)CN(C1C(=O)NC(=O)CC1([2H])[2H])C2=O. The normalized spacial score (nSPS) is 22.7. The fourth-order valence-electron chi connectivity index (χ4n) is 3.37. The molecule has 0 spiro atoms. The molecule has 10 heteroatoms. The third-order valence-electron chi connectivity index (χ3n) is 4.98. The van der Waals surface area contributed by atoms with Gasteiger partial charge in [0, 0.05) is 38.4 Å². The summed E-state index contributed by atoms with van der Waals surface area (Å²) in [5.41, 5.74) is -1.07. The monoisotopic (exact) mass is 466 g/mol. The first-order chi connectivity index (χ1) is 17.1. The average molecular weight is 467 g/mol. The number of carbonyl (C=O) groups is 4. The fraction of sp³-hybridized carbons (Fsp3) is 0.273. The van der Waals surface area contributed by atoms with Crippen LogP contribution in [-0.2, 0) is 33.3 Å². The van der Waals surface area contributed by atoms with Crippen molar-refractivity contribution < 1.29 is 34.9 Å². The molecule has 2 aliphatic heterocycles. The molecule has 32 heavy (non-hydrogen) atoms. The number of hydrogen-bond acceptors (Lipinski definition) is 4. The minimum absolute atomic E-state index is 0.00518. The quantitative estimate of drug-likeness (QED) is 0.662. The largest absolute Gasteiger partial charge is 0.349 e. The van der Waals surface area contributed by atoms with E-state index < -0.39 is 71.3 Å². The summed E-state index contributed by atoms with van der Waals surface area (Å²) in [5.74, 6) is -8.99. The van der Waals surface area contributed by atoms with Crippen molar-refractivity contribution in [3.8, 4) is 0 Å². The highest BCUT2D eigenvalue weighted by molar-refractivity contribution is 6.30. The third kappa shape index (κ3) is 4.08. The molecule has 2 aromatic rings. The first-order valence-corrected chi connectivity index (χ1v) is 9.70. The summed E-state index contributed by atoms with van der Waals surface area (Å²) in [4.78, 5) is 50.2. The van der Waals surface area contributed by atoms with Crippen LogP contribution in [0.2, 0.25) is 6.43 Å². The summed E-state index contributed by atoms with van der Waals surface area (Å²) in [7, 11) is 0. The average Bonchev–Trinajstić information content (AvgIpc) is 3.12. The topological polar surface area (TPSA) is 95.6 Å². The molecule has 0 aliphatic carbocycles. The molecule has 2 aromatic carbocycles. The van der Waals surface area contributed by atoms with Gasteiger partial charge in [-0.25, -0.2) is 0 Å². The zero-order valence-corrected chi connectivity index (χ0v) is 17.0. The second kappa shape index (κ2) is 8.31. The molecule has 4 amide bonds. The van der Waals surface area contributed by atoms with Gasteiger partial charge in [-0.2, -0.15) is 8.78 Å². The van der Waals surface area contributed by atoms with Gasteiger partial charge in [0.15, 0.2) is 1.41 Å². The molecule has 2 heterocycles. The maximum atomic E-state index is 14.8. The zero-order chi connectivity index (χ0) is 27.5. The number of nitrogens with one attached hydrogen (secondary N) is 2. The van der Waals surface area contributed by atoms with Gasteiger partial charge in [0.25, 0.3) is 11.8 Å². The second-order valence-electron chi connectivity index (χ2n) is 7.11. The lowest BCUT2D eigenvalue weighted by molar-refractivity contribution is -0.147. The minimum atomic E-state index is -4.25. The molecule has 7 nitrogen and oxygen atoms in total. The van der Waals surface area contributed by atoms with Crippen LogP contribution in [0.15, 0.2) is 42.5 Å². The standard InChI is InChI=1S/C22H18ClF2N3O4/c23-15-4-2-14(3-5-15)22(24,25)21(32)26-10-12-1-6-16-13(9-12)11-28(20(16)31)17-7-8-18(29)27-19(17)30/h1-6,9,17H,7-8,10-11H2,(H,26,32)(H,27,29,30)/i7D2,10D2/hD. The van der Waals surface area contributed by atoms with E-state index in [1.807, 2.05) is 5.32 Å². The number of alkyl halides is 2. The van der Waals surface area contributed by atoms with Gasteiger partial charge < -0.3 is 10.2 Å². The maximum absolute atomic E-state index is 14.8. The van der Waals surface area contributed by atoms with Gasteiger partial charge in [-0.15, -0.1) is 0 Å². The van der Waals surface area contributed by atoms with Crippen molar-refractivity contribution in [3.05, 3.63) is 69.7 Å². The fourth-order valence-corrected chi connectivity index (χ4v) is 3.50. The van der Waals surface area contributed by atoms with Gasteiger partial charge in [0.2, 0.25) is 11.8 Å². The molecule has 0 saturated carbocycles. The molecule has 1 fully saturated rings.